The number of oxazole rings is 1. The molecule has 8 heteroatoms. The Bertz CT molecular complexity index is 775. The number of pyridine rings is 1. The van der Waals surface area contributed by atoms with Crippen LogP contribution in [-0.2, 0) is 4.43 Å². The minimum atomic E-state index is -1.67. The smallest absolute Gasteiger partial charge is 0.297 e. The van der Waals surface area contributed by atoms with Crippen LogP contribution in [0.15, 0.2) is 21.2 Å². The SMILES string of the molecule is CC(C)(C)[Si](C)(C)OCCN1CCC[C@@H](Nc2nc3nc(Br)ccc3o2)C1. The normalized spacial score (nSPS) is 19.6. The van der Waals surface area contributed by atoms with Crippen LogP contribution >= 0.6 is 15.9 Å². The molecular weight excluding hydrogens is 424 g/mol. The van der Waals surface area contributed by atoms with E-state index < -0.39 is 8.32 Å². The van der Waals surface area contributed by atoms with Gasteiger partial charge in [-0.3, -0.25) is 4.90 Å². The molecule has 3 rings (SSSR count). The highest BCUT2D eigenvalue weighted by Crippen LogP contribution is 2.36. The minimum Gasteiger partial charge on any atom is -0.422 e. The Morgan fingerprint density at radius 3 is 2.85 bits per heavy atom. The largest absolute Gasteiger partial charge is 0.422 e. The van der Waals surface area contributed by atoms with Gasteiger partial charge >= 0.3 is 0 Å². The lowest BCUT2D eigenvalue weighted by Crippen LogP contribution is -2.46. The molecule has 2 aromatic heterocycles. The van der Waals surface area contributed by atoms with E-state index in [9.17, 15) is 0 Å². The Labute approximate surface area is 171 Å². The lowest BCUT2D eigenvalue weighted by molar-refractivity contribution is 0.168. The first kappa shape index (κ1) is 20.8. The third-order valence-electron chi connectivity index (χ3n) is 5.73. The van der Waals surface area contributed by atoms with Crippen LogP contribution in [-0.4, -0.2) is 55.5 Å². The molecule has 2 aromatic rings. The van der Waals surface area contributed by atoms with Crippen molar-refractivity contribution in [2.45, 2.75) is 57.8 Å². The van der Waals surface area contributed by atoms with Gasteiger partial charge in [0.15, 0.2) is 13.9 Å². The van der Waals surface area contributed by atoms with E-state index >= 15 is 0 Å². The van der Waals surface area contributed by atoms with E-state index in [2.05, 4.69) is 70.0 Å². The van der Waals surface area contributed by atoms with Crippen molar-refractivity contribution in [3.8, 4) is 0 Å². The molecule has 0 spiro atoms. The molecule has 1 atom stereocenters. The van der Waals surface area contributed by atoms with E-state index in [1.807, 2.05) is 12.1 Å². The van der Waals surface area contributed by atoms with Crippen LogP contribution in [0, 0.1) is 0 Å². The first-order valence-corrected chi connectivity index (χ1v) is 13.4. The second-order valence-corrected chi connectivity index (χ2v) is 14.5. The molecule has 1 saturated heterocycles. The van der Waals surface area contributed by atoms with E-state index in [4.69, 9.17) is 8.84 Å². The number of piperidine rings is 1. The summed E-state index contributed by atoms with van der Waals surface area (Å²) in [5.41, 5.74) is 1.33. The van der Waals surface area contributed by atoms with Gasteiger partial charge < -0.3 is 14.2 Å². The predicted octanol–water partition coefficient (Wildman–Crippen LogP) is 4.88. The Balaban J connectivity index is 1.51. The summed E-state index contributed by atoms with van der Waals surface area (Å²) in [4.78, 5) is 11.3. The Kier molecular flexibility index (Phi) is 6.30. The van der Waals surface area contributed by atoms with Crippen LogP contribution in [0.2, 0.25) is 18.1 Å². The fourth-order valence-corrected chi connectivity index (χ4v) is 4.39. The van der Waals surface area contributed by atoms with Gasteiger partial charge in [-0.15, -0.1) is 0 Å². The summed E-state index contributed by atoms with van der Waals surface area (Å²) < 4.78 is 12.9. The number of nitrogens with one attached hydrogen (secondary N) is 1. The van der Waals surface area contributed by atoms with Gasteiger partial charge in [0.1, 0.15) is 4.60 Å². The second kappa shape index (κ2) is 8.19. The van der Waals surface area contributed by atoms with Gasteiger partial charge in [-0.2, -0.15) is 4.98 Å². The van der Waals surface area contributed by atoms with Crippen LogP contribution in [0.25, 0.3) is 11.2 Å². The number of aromatic nitrogens is 2. The van der Waals surface area contributed by atoms with E-state index in [1.54, 1.807) is 0 Å². The maximum atomic E-state index is 6.33. The first-order valence-electron chi connectivity index (χ1n) is 9.70. The lowest BCUT2D eigenvalue weighted by Gasteiger charge is -2.38. The third-order valence-corrected chi connectivity index (χ3v) is 10.7. The Morgan fingerprint density at radius 2 is 2.11 bits per heavy atom. The molecule has 0 bridgehead atoms. The molecule has 0 saturated carbocycles. The van der Waals surface area contributed by atoms with Crippen molar-refractivity contribution in [1.29, 1.82) is 0 Å². The molecule has 3 heterocycles. The molecule has 1 aliphatic rings. The molecule has 0 amide bonds. The molecular formula is C19H31BrN4O2Si. The molecule has 27 heavy (non-hydrogen) atoms. The van der Waals surface area contributed by atoms with Crippen molar-refractivity contribution in [3.05, 3.63) is 16.7 Å². The number of rotatable bonds is 6. The highest BCUT2D eigenvalue weighted by molar-refractivity contribution is 9.10. The zero-order valence-electron chi connectivity index (χ0n) is 17.0. The number of hydrogen-bond donors (Lipinski definition) is 1. The van der Waals surface area contributed by atoms with Gasteiger partial charge in [-0.05, 0) is 65.6 Å². The molecule has 0 radical (unpaired) electrons. The highest BCUT2D eigenvalue weighted by Gasteiger charge is 2.37. The lowest BCUT2D eigenvalue weighted by atomic mass is 10.1. The van der Waals surface area contributed by atoms with Gasteiger partial charge in [0.25, 0.3) is 6.01 Å². The molecule has 1 aliphatic heterocycles. The topological polar surface area (TPSA) is 63.4 Å². The molecule has 0 aliphatic carbocycles. The maximum Gasteiger partial charge on any atom is 0.297 e. The van der Waals surface area contributed by atoms with Crippen LogP contribution in [0.3, 0.4) is 0 Å². The Hall–Kier alpha value is -0.963. The predicted molar refractivity (Wildman–Crippen MR) is 116 cm³/mol. The molecule has 0 aromatic carbocycles. The summed E-state index contributed by atoms with van der Waals surface area (Å²) in [6, 6.07) is 4.64. The summed E-state index contributed by atoms with van der Waals surface area (Å²) >= 11 is 3.37. The van der Waals surface area contributed by atoms with E-state index in [0.717, 1.165) is 37.3 Å². The van der Waals surface area contributed by atoms with Gasteiger partial charge in [0.2, 0.25) is 5.65 Å². The summed E-state index contributed by atoms with van der Waals surface area (Å²) in [5, 5.41) is 3.70. The van der Waals surface area contributed by atoms with Crippen molar-refractivity contribution in [1.82, 2.24) is 14.9 Å². The van der Waals surface area contributed by atoms with E-state index in [1.165, 1.54) is 6.42 Å². The zero-order chi connectivity index (χ0) is 19.7. The fourth-order valence-electron chi connectivity index (χ4n) is 3.05. The van der Waals surface area contributed by atoms with Crippen molar-refractivity contribution in [2.75, 3.05) is 31.6 Å². The van der Waals surface area contributed by atoms with Crippen LogP contribution in [0.1, 0.15) is 33.6 Å². The number of anilines is 1. The number of fused-ring (bicyclic) bond motifs is 1. The number of hydrogen-bond acceptors (Lipinski definition) is 6. The van der Waals surface area contributed by atoms with Crippen LogP contribution in [0.5, 0.6) is 0 Å². The molecule has 0 unspecified atom stereocenters. The van der Waals surface area contributed by atoms with Gasteiger partial charge in [0.05, 0.1) is 0 Å². The number of halogens is 1. The van der Waals surface area contributed by atoms with Crippen molar-refractivity contribution in [3.63, 3.8) is 0 Å². The standard InChI is InChI=1S/C19H31BrN4O2Si/c1-19(2,3)27(4,5)25-12-11-24-10-6-7-14(13-24)21-18-23-17-15(26-18)8-9-16(20)22-17/h8-9,14H,6-7,10-13H2,1-5H3,(H,21,22,23)/t14-/m1/s1. The molecule has 150 valence electrons. The molecule has 1 fully saturated rings. The van der Waals surface area contributed by atoms with Gasteiger partial charge in [0, 0.05) is 25.7 Å². The average Bonchev–Trinajstić information content (AvgIpc) is 2.95. The fraction of sp³-hybridized carbons (Fsp3) is 0.684. The summed E-state index contributed by atoms with van der Waals surface area (Å²) in [5.74, 6) is 0. The van der Waals surface area contributed by atoms with Crippen molar-refractivity contribution >= 4 is 41.5 Å². The maximum absolute atomic E-state index is 6.33. The first-order chi connectivity index (χ1) is 12.6. The molecule has 6 nitrogen and oxygen atoms in total. The highest BCUT2D eigenvalue weighted by atomic mass is 79.9. The minimum absolute atomic E-state index is 0.259. The van der Waals surface area contributed by atoms with E-state index in [-0.39, 0.29) is 5.04 Å². The average molecular weight is 455 g/mol. The number of likely N-dealkylation sites (tertiary alicyclic amines) is 1. The summed E-state index contributed by atoms with van der Waals surface area (Å²) in [6.07, 6.45) is 2.29. The van der Waals surface area contributed by atoms with Crippen LogP contribution in [0.4, 0.5) is 6.01 Å². The number of nitrogens with zero attached hydrogens (tertiary/aromatic N) is 3. The second-order valence-electron chi connectivity index (χ2n) is 8.87. The third kappa shape index (κ3) is 5.31. The zero-order valence-corrected chi connectivity index (χ0v) is 19.6. The quantitative estimate of drug-likeness (QED) is 0.495. The van der Waals surface area contributed by atoms with Gasteiger partial charge in [-0.25, -0.2) is 4.98 Å². The monoisotopic (exact) mass is 454 g/mol. The Morgan fingerprint density at radius 1 is 1.33 bits per heavy atom. The van der Waals surface area contributed by atoms with E-state index in [0.29, 0.717) is 23.3 Å². The van der Waals surface area contributed by atoms with Crippen molar-refractivity contribution in [2.24, 2.45) is 0 Å². The summed E-state index contributed by atoms with van der Waals surface area (Å²) in [7, 11) is -1.67. The van der Waals surface area contributed by atoms with Crippen LogP contribution < -0.4 is 5.32 Å². The molecule has 1 N–H and O–H groups in total. The van der Waals surface area contributed by atoms with Gasteiger partial charge in [-0.1, -0.05) is 20.8 Å². The summed E-state index contributed by atoms with van der Waals surface area (Å²) in [6.45, 7) is 15.4. The van der Waals surface area contributed by atoms with Crippen molar-refractivity contribution < 1.29 is 8.84 Å².